The maximum Gasteiger partial charge on any atom is 0.255 e. The lowest BCUT2D eigenvalue weighted by Gasteiger charge is -2.25. The molecule has 0 unspecified atom stereocenters. The van der Waals surface area contributed by atoms with Crippen LogP contribution in [-0.2, 0) is 16.4 Å². The maximum atomic E-state index is 13.7. The Bertz CT molecular complexity index is 1750. The molecule has 0 fully saturated rings. The first-order valence-electron chi connectivity index (χ1n) is 12.9. The minimum Gasteiger partial charge on any atom is -0.455 e. The standard InChI is InChI=1S/C32H29FN2O4S/c1-34-32(36)30-27-20-26(23-13-7-4-8-14-23)28(21-29(27)39-31(30)24-15-17-25(33)18-16-24)35(40(2,37)38)19-9-12-22-10-5-3-6-11-22/h3-8,10-11,13-18,20-21H,9,12,19H2,1-2H3,(H,34,36). The van der Waals surface area contributed by atoms with E-state index in [1.54, 1.807) is 24.3 Å². The topological polar surface area (TPSA) is 79.6 Å². The van der Waals surface area contributed by atoms with Gasteiger partial charge in [0.2, 0.25) is 10.0 Å². The molecule has 0 aliphatic rings. The van der Waals surface area contributed by atoms with Crippen LogP contribution in [0.1, 0.15) is 22.3 Å². The van der Waals surface area contributed by atoms with E-state index >= 15 is 0 Å². The molecule has 40 heavy (non-hydrogen) atoms. The van der Waals surface area contributed by atoms with Crippen molar-refractivity contribution in [2.45, 2.75) is 12.8 Å². The zero-order valence-corrected chi connectivity index (χ0v) is 23.0. The van der Waals surface area contributed by atoms with Crippen molar-refractivity contribution in [3.63, 3.8) is 0 Å². The number of rotatable bonds is 9. The number of anilines is 1. The molecule has 4 aromatic carbocycles. The van der Waals surface area contributed by atoms with Gasteiger partial charge in [-0.2, -0.15) is 0 Å². The number of benzene rings is 4. The number of aryl methyl sites for hydroxylation is 1. The van der Waals surface area contributed by atoms with E-state index in [1.807, 2.05) is 60.7 Å². The number of nitrogens with one attached hydrogen (secondary N) is 1. The van der Waals surface area contributed by atoms with Crippen molar-refractivity contribution in [1.82, 2.24) is 5.32 Å². The number of hydrogen-bond acceptors (Lipinski definition) is 4. The second-order valence-electron chi connectivity index (χ2n) is 9.55. The van der Waals surface area contributed by atoms with Crippen LogP contribution >= 0.6 is 0 Å². The van der Waals surface area contributed by atoms with Crippen LogP contribution in [-0.4, -0.2) is 34.2 Å². The van der Waals surface area contributed by atoms with Crippen molar-refractivity contribution < 1.29 is 22.0 Å². The molecule has 6 nitrogen and oxygen atoms in total. The van der Waals surface area contributed by atoms with Gasteiger partial charge < -0.3 is 9.73 Å². The third kappa shape index (κ3) is 5.62. The van der Waals surface area contributed by atoms with Gasteiger partial charge in [-0.25, -0.2) is 12.8 Å². The quantitative estimate of drug-likeness (QED) is 0.220. The van der Waals surface area contributed by atoms with Crippen LogP contribution in [0.4, 0.5) is 10.1 Å². The normalized spacial score (nSPS) is 11.5. The largest absolute Gasteiger partial charge is 0.455 e. The minimum atomic E-state index is -3.68. The molecule has 0 bridgehead atoms. The van der Waals surface area contributed by atoms with Crippen molar-refractivity contribution in [1.29, 1.82) is 0 Å². The maximum absolute atomic E-state index is 13.7. The molecule has 204 valence electrons. The second-order valence-corrected chi connectivity index (χ2v) is 11.5. The van der Waals surface area contributed by atoms with Gasteiger partial charge in [-0.05, 0) is 54.3 Å². The summed E-state index contributed by atoms with van der Waals surface area (Å²) in [5.41, 5.74) is 4.20. The predicted molar refractivity (Wildman–Crippen MR) is 157 cm³/mol. The summed E-state index contributed by atoms with van der Waals surface area (Å²) in [5, 5.41) is 3.19. The van der Waals surface area contributed by atoms with Gasteiger partial charge in [0.15, 0.2) is 0 Å². The third-order valence-corrected chi connectivity index (χ3v) is 7.97. The molecule has 1 amide bonds. The van der Waals surface area contributed by atoms with E-state index in [4.69, 9.17) is 4.42 Å². The van der Waals surface area contributed by atoms with Crippen LogP contribution < -0.4 is 9.62 Å². The molecule has 1 heterocycles. The minimum absolute atomic E-state index is 0.257. The van der Waals surface area contributed by atoms with Crippen LogP contribution in [0.2, 0.25) is 0 Å². The van der Waals surface area contributed by atoms with Crippen molar-refractivity contribution in [2.24, 2.45) is 0 Å². The average Bonchev–Trinajstić information content (AvgIpc) is 3.33. The zero-order chi connectivity index (χ0) is 28.3. The molecule has 0 atom stereocenters. The van der Waals surface area contributed by atoms with Gasteiger partial charge in [0, 0.05) is 36.2 Å². The van der Waals surface area contributed by atoms with E-state index in [9.17, 15) is 17.6 Å². The predicted octanol–water partition coefficient (Wildman–Crippen LogP) is 6.66. The summed E-state index contributed by atoms with van der Waals surface area (Å²) < 4.78 is 47.6. The molecular weight excluding hydrogens is 527 g/mol. The van der Waals surface area contributed by atoms with Crippen LogP contribution in [0.25, 0.3) is 33.4 Å². The van der Waals surface area contributed by atoms with Gasteiger partial charge in [0.1, 0.15) is 17.2 Å². The van der Waals surface area contributed by atoms with Crippen LogP contribution in [0.15, 0.2) is 101 Å². The molecule has 0 aliphatic heterocycles. The van der Waals surface area contributed by atoms with Gasteiger partial charge in [0.25, 0.3) is 5.91 Å². The fourth-order valence-electron chi connectivity index (χ4n) is 4.88. The smallest absolute Gasteiger partial charge is 0.255 e. The van der Waals surface area contributed by atoms with E-state index in [1.165, 1.54) is 29.7 Å². The summed E-state index contributed by atoms with van der Waals surface area (Å²) in [6.45, 7) is 0.257. The van der Waals surface area contributed by atoms with Gasteiger partial charge in [-0.1, -0.05) is 60.7 Å². The number of sulfonamides is 1. The average molecular weight is 557 g/mol. The second kappa shape index (κ2) is 11.4. The third-order valence-electron chi connectivity index (χ3n) is 6.79. The van der Waals surface area contributed by atoms with Crippen molar-refractivity contribution in [2.75, 3.05) is 24.2 Å². The molecule has 0 saturated heterocycles. The van der Waals surface area contributed by atoms with E-state index in [-0.39, 0.29) is 18.2 Å². The summed E-state index contributed by atoms with van der Waals surface area (Å²) in [6, 6.07) is 28.5. The number of nitrogens with zero attached hydrogens (tertiary/aromatic N) is 1. The number of amides is 1. The Kier molecular flexibility index (Phi) is 7.71. The van der Waals surface area contributed by atoms with Gasteiger partial charge >= 0.3 is 0 Å². The number of carbonyl (C=O) groups excluding carboxylic acids is 1. The van der Waals surface area contributed by atoms with E-state index in [0.717, 1.165) is 11.1 Å². The number of hydrogen-bond donors (Lipinski definition) is 1. The van der Waals surface area contributed by atoms with Crippen LogP contribution in [0, 0.1) is 5.82 Å². The molecule has 5 aromatic rings. The molecular formula is C32H29FN2O4S. The van der Waals surface area contributed by atoms with E-state index in [0.29, 0.717) is 46.2 Å². The van der Waals surface area contributed by atoms with Crippen molar-refractivity contribution >= 4 is 32.6 Å². The highest BCUT2D eigenvalue weighted by Gasteiger charge is 2.27. The Balaban J connectivity index is 1.69. The summed E-state index contributed by atoms with van der Waals surface area (Å²) >= 11 is 0. The van der Waals surface area contributed by atoms with Gasteiger partial charge in [-0.15, -0.1) is 0 Å². The number of halogens is 1. The summed E-state index contributed by atoms with van der Waals surface area (Å²) in [6.07, 6.45) is 2.51. The molecule has 0 saturated carbocycles. The lowest BCUT2D eigenvalue weighted by atomic mass is 9.98. The Morgan fingerprint density at radius 3 is 2.17 bits per heavy atom. The summed E-state index contributed by atoms with van der Waals surface area (Å²) in [5.74, 6) is -0.498. The Hall–Kier alpha value is -4.43. The highest BCUT2D eigenvalue weighted by molar-refractivity contribution is 7.92. The van der Waals surface area contributed by atoms with Gasteiger partial charge in [-0.3, -0.25) is 9.10 Å². The van der Waals surface area contributed by atoms with Crippen LogP contribution in [0.5, 0.6) is 0 Å². The molecule has 0 radical (unpaired) electrons. The number of fused-ring (bicyclic) bond motifs is 1. The van der Waals surface area contributed by atoms with E-state index in [2.05, 4.69) is 5.32 Å². The van der Waals surface area contributed by atoms with Crippen LogP contribution in [0.3, 0.4) is 0 Å². The monoisotopic (exact) mass is 556 g/mol. The summed E-state index contributed by atoms with van der Waals surface area (Å²) in [4.78, 5) is 13.1. The lowest BCUT2D eigenvalue weighted by molar-refractivity contribution is 0.0964. The van der Waals surface area contributed by atoms with E-state index < -0.39 is 15.8 Å². The Morgan fingerprint density at radius 2 is 1.55 bits per heavy atom. The molecule has 5 rings (SSSR count). The zero-order valence-electron chi connectivity index (χ0n) is 22.2. The molecule has 1 N–H and O–H groups in total. The lowest BCUT2D eigenvalue weighted by Crippen LogP contribution is -2.31. The molecule has 0 spiro atoms. The molecule has 1 aromatic heterocycles. The molecule has 0 aliphatic carbocycles. The van der Waals surface area contributed by atoms with Crippen molar-refractivity contribution in [3.8, 4) is 22.5 Å². The first kappa shape index (κ1) is 27.1. The number of furan rings is 1. The Morgan fingerprint density at radius 1 is 0.900 bits per heavy atom. The molecule has 8 heteroatoms. The fraction of sp³-hybridized carbons (Fsp3) is 0.156. The van der Waals surface area contributed by atoms with Gasteiger partial charge in [0.05, 0.1) is 17.5 Å². The highest BCUT2D eigenvalue weighted by atomic mass is 32.2. The SMILES string of the molecule is CNC(=O)c1c(-c2ccc(F)cc2)oc2cc(N(CCCc3ccccc3)S(C)(=O)=O)c(-c3ccccc3)cc12. The highest BCUT2D eigenvalue weighted by Crippen LogP contribution is 2.41. The fourth-order valence-corrected chi connectivity index (χ4v) is 5.85. The number of carbonyl (C=O) groups is 1. The first-order valence-corrected chi connectivity index (χ1v) is 14.8. The summed E-state index contributed by atoms with van der Waals surface area (Å²) in [7, 11) is -2.15. The van der Waals surface area contributed by atoms with Crippen molar-refractivity contribution in [3.05, 3.63) is 114 Å². The first-order chi connectivity index (χ1) is 19.3. The Labute approximate surface area is 233 Å².